The molecule has 1 heterocycles. The summed E-state index contributed by atoms with van der Waals surface area (Å²) in [4.78, 5) is 3.98. The van der Waals surface area contributed by atoms with Crippen LogP contribution in [0.2, 0.25) is 0 Å². The number of pyridine rings is 1. The van der Waals surface area contributed by atoms with Crippen LogP contribution >= 0.6 is 0 Å². The van der Waals surface area contributed by atoms with Gasteiger partial charge in [0.25, 0.3) is 0 Å². The van der Waals surface area contributed by atoms with Gasteiger partial charge < -0.3 is 11.1 Å². The summed E-state index contributed by atoms with van der Waals surface area (Å²) in [7, 11) is 0. The lowest BCUT2D eigenvalue weighted by Gasteiger charge is -2.19. The largest absolute Gasteiger partial charge is 0.367 e. The molecule has 3 N–H and O–H groups in total. The van der Waals surface area contributed by atoms with Crippen LogP contribution in [0.3, 0.4) is 0 Å². The van der Waals surface area contributed by atoms with Crippen molar-refractivity contribution in [2.24, 2.45) is 11.7 Å². The zero-order chi connectivity index (χ0) is 10.7. The Hall–Kier alpha value is -1.16. The number of hydrogen-bond donors (Lipinski definition) is 2. The van der Waals surface area contributed by atoms with Crippen molar-refractivity contribution in [3.63, 3.8) is 0 Å². The molecule has 82 valence electrons. The summed E-state index contributed by atoms with van der Waals surface area (Å²) in [6, 6.07) is 3.48. The van der Waals surface area contributed by atoms with Gasteiger partial charge in [0.2, 0.25) is 0 Å². The van der Waals surface area contributed by atoms with E-state index in [0.717, 1.165) is 12.2 Å². The first kappa shape index (κ1) is 10.4. The number of nitrogens with two attached hydrogens (primary N) is 1. The van der Waals surface area contributed by atoms with Crippen molar-refractivity contribution in [2.45, 2.75) is 25.3 Å². The van der Waals surface area contributed by atoms with E-state index < -0.39 is 0 Å². The standard InChI is InChI=1S/C11H16FN3/c12-9-4-5-11(14-7-9)15-10-3-1-2-8(10)6-13/h4-5,7-8,10H,1-3,6,13H2,(H,14,15). The van der Waals surface area contributed by atoms with E-state index in [0.29, 0.717) is 18.5 Å². The minimum Gasteiger partial charge on any atom is -0.367 e. The highest BCUT2D eigenvalue weighted by Crippen LogP contribution is 2.27. The third-order valence-electron chi connectivity index (χ3n) is 3.02. The highest BCUT2D eigenvalue weighted by molar-refractivity contribution is 5.35. The van der Waals surface area contributed by atoms with E-state index in [1.54, 1.807) is 6.07 Å². The number of rotatable bonds is 3. The zero-order valence-electron chi connectivity index (χ0n) is 8.62. The first-order chi connectivity index (χ1) is 7.29. The highest BCUT2D eigenvalue weighted by Gasteiger charge is 2.25. The quantitative estimate of drug-likeness (QED) is 0.797. The van der Waals surface area contributed by atoms with Gasteiger partial charge in [-0.1, -0.05) is 6.42 Å². The first-order valence-electron chi connectivity index (χ1n) is 5.38. The molecule has 0 bridgehead atoms. The maximum atomic E-state index is 12.6. The lowest BCUT2D eigenvalue weighted by molar-refractivity contribution is 0.515. The van der Waals surface area contributed by atoms with Gasteiger partial charge in [-0.3, -0.25) is 0 Å². The summed E-state index contributed by atoms with van der Waals surface area (Å²) in [5.41, 5.74) is 5.68. The van der Waals surface area contributed by atoms with Gasteiger partial charge in [-0.15, -0.1) is 0 Å². The van der Waals surface area contributed by atoms with Gasteiger partial charge in [-0.25, -0.2) is 9.37 Å². The second-order valence-corrected chi connectivity index (χ2v) is 4.04. The van der Waals surface area contributed by atoms with Crippen molar-refractivity contribution in [3.05, 3.63) is 24.1 Å². The molecule has 0 radical (unpaired) electrons. The van der Waals surface area contributed by atoms with Gasteiger partial charge in [0.05, 0.1) is 6.20 Å². The zero-order valence-corrected chi connectivity index (χ0v) is 8.62. The molecule has 0 amide bonds. The molecule has 15 heavy (non-hydrogen) atoms. The predicted molar refractivity (Wildman–Crippen MR) is 58.0 cm³/mol. The molecule has 2 atom stereocenters. The fourth-order valence-electron chi connectivity index (χ4n) is 2.16. The maximum absolute atomic E-state index is 12.6. The van der Waals surface area contributed by atoms with Crippen LogP contribution in [0.15, 0.2) is 18.3 Å². The average molecular weight is 209 g/mol. The van der Waals surface area contributed by atoms with Crippen LogP contribution in [0.5, 0.6) is 0 Å². The van der Waals surface area contributed by atoms with Crippen LogP contribution in [0.4, 0.5) is 10.2 Å². The number of anilines is 1. The van der Waals surface area contributed by atoms with Gasteiger partial charge in [-0.2, -0.15) is 0 Å². The first-order valence-corrected chi connectivity index (χ1v) is 5.38. The molecule has 2 rings (SSSR count). The molecule has 0 spiro atoms. The number of aromatic nitrogens is 1. The van der Waals surface area contributed by atoms with Gasteiger partial charge in [0.1, 0.15) is 11.6 Å². The Morgan fingerprint density at radius 1 is 1.47 bits per heavy atom. The Kier molecular flexibility index (Phi) is 3.16. The highest BCUT2D eigenvalue weighted by atomic mass is 19.1. The SMILES string of the molecule is NCC1CCCC1Nc1ccc(F)cn1. The van der Waals surface area contributed by atoms with E-state index in [2.05, 4.69) is 10.3 Å². The van der Waals surface area contributed by atoms with Crippen molar-refractivity contribution < 1.29 is 4.39 Å². The van der Waals surface area contributed by atoms with Crippen LogP contribution < -0.4 is 11.1 Å². The third kappa shape index (κ3) is 2.45. The van der Waals surface area contributed by atoms with Crippen molar-refractivity contribution in [2.75, 3.05) is 11.9 Å². The minimum absolute atomic E-state index is 0.303. The summed E-state index contributed by atoms with van der Waals surface area (Å²) < 4.78 is 12.6. The lowest BCUT2D eigenvalue weighted by atomic mass is 10.0. The number of hydrogen-bond acceptors (Lipinski definition) is 3. The summed E-state index contributed by atoms with van der Waals surface area (Å²) >= 11 is 0. The lowest BCUT2D eigenvalue weighted by Crippen LogP contribution is -2.29. The number of nitrogens with zero attached hydrogens (tertiary/aromatic N) is 1. The Labute approximate surface area is 88.9 Å². The van der Waals surface area contributed by atoms with E-state index in [-0.39, 0.29) is 5.82 Å². The fourth-order valence-corrected chi connectivity index (χ4v) is 2.16. The minimum atomic E-state index is -0.303. The van der Waals surface area contributed by atoms with Gasteiger partial charge in [-0.05, 0) is 37.4 Å². The molecule has 2 unspecified atom stereocenters. The molecule has 1 fully saturated rings. The van der Waals surface area contributed by atoms with E-state index in [1.807, 2.05) is 0 Å². The molecule has 0 aromatic carbocycles. The van der Waals surface area contributed by atoms with E-state index >= 15 is 0 Å². The molecule has 0 saturated heterocycles. The smallest absolute Gasteiger partial charge is 0.141 e. The molecule has 3 nitrogen and oxygen atoms in total. The Morgan fingerprint density at radius 3 is 3.00 bits per heavy atom. The van der Waals surface area contributed by atoms with Crippen LogP contribution in [0.1, 0.15) is 19.3 Å². The van der Waals surface area contributed by atoms with Gasteiger partial charge in [0.15, 0.2) is 0 Å². The average Bonchev–Trinajstić information content (AvgIpc) is 2.69. The van der Waals surface area contributed by atoms with E-state index in [9.17, 15) is 4.39 Å². The summed E-state index contributed by atoms with van der Waals surface area (Å²) in [6.45, 7) is 0.707. The summed E-state index contributed by atoms with van der Waals surface area (Å²) in [6.07, 6.45) is 4.74. The van der Waals surface area contributed by atoms with Crippen LogP contribution in [0, 0.1) is 11.7 Å². The molecular weight excluding hydrogens is 193 g/mol. The van der Waals surface area contributed by atoms with Crippen LogP contribution in [-0.2, 0) is 0 Å². The molecule has 1 saturated carbocycles. The topological polar surface area (TPSA) is 50.9 Å². The molecular formula is C11H16FN3. The van der Waals surface area contributed by atoms with Crippen molar-refractivity contribution in [1.82, 2.24) is 4.98 Å². The second kappa shape index (κ2) is 4.57. The van der Waals surface area contributed by atoms with Crippen molar-refractivity contribution in [1.29, 1.82) is 0 Å². The monoisotopic (exact) mass is 209 g/mol. The molecule has 1 aromatic rings. The van der Waals surface area contributed by atoms with Crippen LogP contribution in [-0.4, -0.2) is 17.6 Å². The molecule has 0 aliphatic heterocycles. The Morgan fingerprint density at radius 2 is 2.33 bits per heavy atom. The van der Waals surface area contributed by atoms with E-state index in [4.69, 9.17) is 5.73 Å². The Bertz CT molecular complexity index is 312. The van der Waals surface area contributed by atoms with Crippen molar-refractivity contribution in [3.8, 4) is 0 Å². The second-order valence-electron chi connectivity index (χ2n) is 4.04. The summed E-state index contributed by atoms with van der Waals surface area (Å²) in [5.74, 6) is 0.959. The Balaban J connectivity index is 1.99. The van der Waals surface area contributed by atoms with Gasteiger partial charge >= 0.3 is 0 Å². The van der Waals surface area contributed by atoms with E-state index in [1.165, 1.54) is 25.1 Å². The number of halogens is 1. The molecule has 1 aliphatic rings. The fraction of sp³-hybridized carbons (Fsp3) is 0.545. The molecule has 1 aromatic heterocycles. The number of nitrogens with one attached hydrogen (secondary N) is 1. The van der Waals surface area contributed by atoms with Crippen LogP contribution in [0.25, 0.3) is 0 Å². The van der Waals surface area contributed by atoms with Crippen molar-refractivity contribution >= 4 is 5.82 Å². The maximum Gasteiger partial charge on any atom is 0.141 e. The third-order valence-corrected chi connectivity index (χ3v) is 3.02. The molecule has 4 heteroatoms. The van der Waals surface area contributed by atoms with Gasteiger partial charge in [0, 0.05) is 6.04 Å². The predicted octanol–water partition coefficient (Wildman–Crippen LogP) is 1.76. The summed E-state index contributed by atoms with van der Waals surface area (Å²) in [5, 5.41) is 3.31. The normalized spacial score (nSPS) is 25.5. The molecule has 1 aliphatic carbocycles.